The molecule has 0 aliphatic carbocycles. The Labute approximate surface area is 96.6 Å². The molecule has 0 saturated carbocycles. The molecule has 0 fully saturated rings. The zero-order valence-electron chi connectivity index (χ0n) is 7.94. The Hall–Kier alpha value is -1.55. The Morgan fingerprint density at radius 3 is 2.40 bits per heavy atom. The van der Waals surface area contributed by atoms with Crippen LogP contribution in [0.5, 0.6) is 0 Å². The van der Waals surface area contributed by atoms with Crippen molar-refractivity contribution in [3.05, 3.63) is 53.1 Å². The van der Waals surface area contributed by atoms with E-state index >= 15 is 0 Å². The zero-order chi connectivity index (χ0) is 10.5. The fourth-order valence-electron chi connectivity index (χ4n) is 1.11. The third-order valence-electron chi connectivity index (χ3n) is 1.84. The van der Waals surface area contributed by atoms with Gasteiger partial charge in [-0.15, -0.1) is 0 Å². The highest BCUT2D eigenvalue weighted by molar-refractivity contribution is 9.10. The van der Waals surface area contributed by atoms with Crippen molar-refractivity contribution in [3.8, 4) is 0 Å². The second-order valence-electron chi connectivity index (χ2n) is 2.98. The summed E-state index contributed by atoms with van der Waals surface area (Å²) in [6.07, 6.45) is 1.75. The highest BCUT2D eigenvalue weighted by Crippen LogP contribution is 2.11. The number of hydrogen-bond acceptors (Lipinski definition) is 3. The van der Waals surface area contributed by atoms with Crippen molar-refractivity contribution in [3.63, 3.8) is 0 Å². The number of nitrogens with zero attached hydrogens (tertiary/aromatic N) is 1. The van der Waals surface area contributed by atoms with Crippen molar-refractivity contribution in [2.75, 3.05) is 10.9 Å². The molecule has 0 radical (unpaired) electrons. The Bertz CT molecular complexity index is 414. The molecule has 1 aromatic heterocycles. The Morgan fingerprint density at radius 2 is 1.73 bits per heavy atom. The third-order valence-corrected chi connectivity index (χ3v) is 2.31. The maximum Gasteiger partial charge on any atom is 0.144 e. The number of hydrazine groups is 1. The monoisotopic (exact) mass is 263 g/mol. The summed E-state index contributed by atoms with van der Waals surface area (Å²) in [5.41, 5.74) is 7.06. The molecule has 0 amide bonds. The van der Waals surface area contributed by atoms with Gasteiger partial charge in [-0.3, -0.25) is 10.9 Å². The zero-order valence-corrected chi connectivity index (χ0v) is 9.53. The number of aromatic nitrogens is 1. The van der Waals surface area contributed by atoms with E-state index in [1.165, 1.54) is 0 Å². The van der Waals surface area contributed by atoms with Crippen LogP contribution < -0.4 is 10.9 Å². The molecule has 15 heavy (non-hydrogen) atoms. The number of nitrogens with one attached hydrogen (secondary N) is 2. The van der Waals surface area contributed by atoms with E-state index in [4.69, 9.17) is 0 Å². The van der Waals surface area contributed by atoms with Crippen LogP contribution in [0.2, 0.25) is 0 Å². The van der Waals surface area contributed by atoms with Crippen LogP contribution in [0.3, 0.4) is 0 Å². The van der Waals surface area contributed by atoms with Crippen molar-refractivity contribution in [2.45, 2.75) is 0 Å². The van der Waals surface area contributed by atoms with Crippen molar-refractivity contribution in [1.29, 1.82) is 0 Å². The number of benzene rings is 1. The van der Waals surface area contributed by atoms with Crippen molar-refractivity contribution in [2.24, 2.45) is 0 Å². The van der Waals surface area contributed by atoms with Crippen LogP contribution in [-0.4, -0.2) is 4.98 Å². The quantitative estimate of drug-likeness (QED) is 0.835. The molecule has 0 bridgehead atoms. The molecular weight excluding hydrogens is 254 g/mol. The van der Waals surface area contributed by atoms with Gasteiger partial charge in [0.1, 0.15) is 5.82 Å². The van der Waals surface area contributed by atoms with Gasteiger partial charge in [-0.1, -0.05) is 18.2 Å². The summed E-state index contributed by atoms with van der Waals surface area (Å²) in [4.78, 5) is 4.17. The van der Waals surface area contributed by atoms with Crippen molar-refractivity contribution in [1.82, 2.24) is 4.98 Å². The lowest BCUT2D eigenvalue weighted by Crippen LogP contribution is -2.09. The van der Waals surface area contributed by atoms with Crippen LogP contribution in [0, 0.1) is 0 Å². The molecule has 0 atom stereocenters. The smallest absolute Gasteiger partial charge is 0.144 e. The van der Waals surface area contributed by atoms with E-state index in [1.807, 2.05) is 42.5 Å². The van der Waals surface area contributed by atoms with Gasteiger partial charge in [-0.25, -0.2) is 4.98 Å². The lowest BCUT2D eigenvalue weighted by Gasteiger charge is -2.08. The Balaban J connectivity index is 1.96. The van der Waals surface area contributed by atoms with Gasteiger partial charge in [0.15, 0.2) is 0 Å². The average Bonchev–Trinajstić information content (AvgIpc) is 2.30. The van der Waals surface area contributed by atoms with E-state index in [9.17, 15) is 0 Å². The van der Waals surface area contributed by atoms with Crippen molar-refractivity contribution >= 4 is 27.4 Å². The highest BCUT2D eigenvalue weighted by Gasteiger charge is 1.92. The van der Waals surface area contributed by atoms with Crippen LogP contribution >= 0.6 is 15.9 Å². The molecule has 2 aromatic rings. The Morgan fingerprint density at radius 1 is 0.933 bits per heavy atom. The fraction of sp³-hybridized carbons (Fsp3) is 0. The predicted molar refractivity (Wildman–Crippen MR) is 65.6 cm³/mol. The molecule has 0 saturated heterocycles. The maximum absolute atomic E-state index is 4.17. The highest BCUT2D eigenvalue weighted by atomic mass is 79.9. The van der Waals surface area contributed by atoms with E-state index in [0.717, 1.165) is 16.0 Å². The van der Waals surface area contributed by atoms with Crippen LogP contribution in [-0.2, 0) is 0 Å². The number of para-hydroxylation sites is 1. The molecule has 0 aliphatic rings. The third kappa shape index (κ3) is 2.95. The van der Waals surface area contributed by atoms with Crippen LogP contribution in [0.1, 0.15) is 0 Å². The summed E-state index contributed by atoms with van der Waals surface area (Å²) < 4.78 is 0.966. The summed E-state index contributed by atoms with van der Waals surface area (Å²) in [5.74, 6) is 0.780. The van der Waals surface area contributed by atoms with Crippen LogP contribution in [0.25, 0.3) is 0 Å². The first-order chi connectivity index (χ1) is 7.34. The summed E-state index contributed by atoms with van der Waals surface area (Å²) in [6, 6.07) is 13.7. The summed E-state index contributed by atoms with van der Waals surface area (Å²) in [7, 11) is 0. The van der Waals surface area contributed by atoms with E-state index in [-0.39, 0.29) is 0 Å². The number of pyridine rings is 1. The minimum Gasteiger partial charge on any atom is -0.300 e. The minimum atomic E-state index is 0.780. The molecule has 1 heterocycles. The van der Waals surface area contributed by atoms with Gasteiger partial charge < -0.3 is 0 Å². The first kappa shape index (κ1) is 9.98. The second kappa shape index (κ2) is 4.79. The summed E-state index contributed by atoms with van der Waals surface area (Å²) in [6.45, 7) is 0. The molecular formula is C11H10BrN3. The van der Waals surface area contributed by atoms with Gasteiger partial charge in [-0.05, 0) is 40.2 Å². The molecule has 3 nitrogen and oxygen atoms in total. The first-order valence-corrected chi connectivity index (χ1v) is 5.32. The predicted octanol–water partition coefficient (Wildman–Crippen LogP) is 3.28. The molecule has 0 spiro atoms. The second-order valence-corrected chi connectivity index (χ2v) is 3.89. The Kier molecular flexibility index (Phi) is 3.19. The largest absolute Gasteiger partial charge is 0.300 e. The lowest BCUT2D eigenvalue weighted by atomic mass is 10.3. The minimum absolute atomic E-state index is 0.780. The first-order valence-electron chi connectivity index (χ1n) is 4.53. The van der Waals surface area contributed by atoms with E-state index in [2.05, 4.69) is 31.8 Å². The topological polar surface area (TPSA) is 37.0 Å². The van der Waals surface area contributed by atoms with Gasteiger partial charge >= 0.3 is 0 Å². The number of halogens is 1. The summed E-state index contributed by atoms with van der Waals surface area (Å²) in [5, 5.41) is 0. The van der Waals surface area contributed by atoms with Gasteiger partial charge in [0, 0.05) is 10.7 Å². The van der Waals surface area contributed by atoms with Crippen molar-refractivity contribution < 1.29 is 0 Å². The van der Waals surface area contributed by atoms with E-state index in [1.54, 1.807) is 6.20 Å². The standard InChI is InChI=1S/C11H10BrN3/c12-9-6-7-11(13-8-9)15-14-10-4-2-1-3-5-10/h1-8,14H,(H,13,15). The lowest BCUT2D eigenvalue weighted by molar-refractivity contribution is 1.25. The van der Waals surface area contributed by atoms with E-state index < -0.39 is 0 Å². The summed E-state index contributed by atoms with van der Waals surface area (Å²) >= 11 is 3.33. The van der Waals surface area contributed by atoms with Gasteiger partial charge in [-0.2, -0.15) is 0 Å². The molecule has 76 valence electrons. The number of rotatable bonds is 3. The molecule has 2 N–H and O–H groups in total. The van der Waals surface area contributed by atoms with E-state index in [0.29, 0.717) is 0 Å². The van der Waals surface area contributed by atoms with Crippen LogP contribution in [0.4, 0.5) is 11.5 Å². The normalized spacial score (nSPS) is 9.67. The van der Waals surface area contributed by atoms with Crippen LogP contribution in [0.15, 0.2) is 53.1 Å². The number of hydrogen-bond donors (Lipinski definition) is 2. The molecule has 0 unspecified atom stereocenters. The van der Waals surface area contributed by atoms with Gasteiger partial charge in [0.05, 0.1) is 5.69 Å². The molecule has 1 aromatic carbocycles. The molecule has 0 aliphatic heterocycles. The molecule has 2 rings (SSSR count). The molecule has 4 heteroatoms. The number of anilines is 2. The average molecular weight is 264 g/mol. The SMILES string of the molecule is Brc1ccc(NNc2ccccc2)nc1. The van der Waals surface area contributed by atoms with Gasteiger partial charge in [0.2, 0.25) is 0 Å². The fourth-order valence-corrected chi connectivity index (χ4v) is 1.34. The van der Waals surface area contributed by atoms with Gasteiger partial charge in [0.25, 0.3) is 0 Å². The maximum atomic E-state index is 4.17.